The second kappa shape index (κ2) is 4.12. The first-order valence-electron chi connectivity index (χ1n) is 5.30. The lowest BCUT2D eigenvalue weighted by Crippen LogP contribution is -2.42. The largest absolute Gasteiger partial charge is 0.309 e. The van der Waals surface area contributed by atoms with E-state index in [0.717, 1.165) is 24.5 Å². The average molecular weight is 225 g/mol. The monoisotopic (exact) mass is 224 g/mol. The number of nitrogens with zero attached hydrogens (tertiary/aromatic N) is 1. The lowest BCUT2D eigenvalue weighted by Gasteiger charge is -2.29. The average Bonchev–Trinajstić information content (AvgIpc) is 2.62. The minimum atomic E-state index is 0.110. The van der Waals surface area contributed by atoms with Crippen LogP contribution in [0.4, 0.5) is 0 Å². The van der Waals surface area contributed by atoms with Crippen molar-refractivity contribution in [3.05, 3.63) is 34.9 Å². The summed E-state index contributed by atoms with van der Waals surface area (Å²) in [7, 11) is 4.20. The van der Waals surface area contributed by atoms with Crippen molar-refractivity contribution in [1.29, 1.82) is 0 Å². The van der Waals surface area contributed by atoms with Crippen LogP contribution in [0, 0.1) is 0 Å². The predicted octanol–water partition coefficient (Wildman–Crippen LogP) is 2.09. The van der Waals surface area contributed by atoms with E-state index in [9.17, 15) is 0 Å². The minimum absolute atomic E-state index is 0.110. The van der Waals surface area contributed by atoms with Crippen molar-refractivity contribution in [1.82, 2.24) is 10.2 Å². The van der Waals surface area contributed by atoms with Gasteiger partial charge in [0.2, 0.25) is 0 Å². The van der Waals surface area contributed by atoms with Crippen molar-refractivity contribution in [2.75, 3.05) is 27.2 Å². The molecule has 0 aliphatic carbocycles. The first-order valence-corrected chi connectivity index (χ1v) is 5.68. The maximum absolute atomic E-state index is 5.90. The zero-order valence-electron chi connectivity index (χ0n) is 9.26. The third-order valence-electron chi connectivity index (χ3n) is 3.34. The van der Waals surface area contributed by atoms with Crippen LogP contribution in [0.25, 0.3) is 0 Å². The molecule has 0 aromatic heterocycles. The summed E-state index contributed by atoms with van der Waals surface area (Å²) in [6.07, 6.45) is 1.15. The Morgan fingerprint density at radius 1 is 1.33 bits per heavy atom. The van der Waals surface area contributed by atoms with Crippen LogP contribution in [0.2, 0.25) is 5.02 Å². The van der Waals surface area contributed by atoms with E-state index in [-0.39, 0.29) is 5.54 Å². The van der Waals surface area contributed by atoms with Gasteiger partial charge in [0, 0.05) is 18.1 Å². The summed E-state index contributed by atoms with van der Waals surface area (Å²) in [5.74, 6) is 0. The van der Waals surface area contributed by atoms with Crippen LogP contribution in [0.15, 0.2) is 24.3 Å². The van der Waals surface area contributed by atoms with Gasteiger partial charge in [-0.3, -0.25) is 0 Å². The highest BCUT2D eigenvalue weighted by atomic mass is 35.5. The van der Waals surface area contributed by atoms with Crippen LogP contribution in [-0.2, 0) is 5.54 Å². The fourth-order valence-corrected chi connectivity index (χ4v) is 2.48. The summed E-state index contributed by atoms with van der Waals surface area (Å²) >= 11 is 5.90. The van der Waals surface area contributed by atoms with Crippen LogP contribution in [-0.4, -0.2) is 32.1 Å². The summed E-state index contributed by atoms with van der Waals surface area (Å²) in [6.45, 7) is 2.20. The van der Waals surface area contributed by atoms with Crippen molar-refractivity contribution in [3.8, 4) is 0 Å². The Kier molecular flexibility index (Phi) is 3.01. The van der Waals surface area contributed by atoms with Gasteiger partial charge in [-0.1, -0.05) is 23.7 Å². The lowest BCUT2D eigenvalue weighted by molar-refractivity contribution is 0.334. The van der Waals surface area contributed by atoms with Crippen LogP contribution >= 0.6 is 11.6 Å². The van der Waals surface area contributed by atoms with Gasteiger partial charge in [-0.15, -0.1) is 0 Å². The minimum Gasteiger partial charge on any atom is -0.309 e. The van der Waals surface area contributed by atoms with Crippen LogP contribution in [0.3, 0.4) is 0 Å². The Bertz CT molecular complexity index is 336. The molecule has 0 amide bonds. The molecule has 1 aliphatic rings. The van der Waals surface area contributed by atoms with Crippen LogP contribution in [0.1, 0.15) is 12.0 Å². The third-order valence-corrected chi connectivity index (χ3v) is 3.59. The van der Waals surface area contributed by atoms with Crippen molar-refractivity contribution < 1.29 is 0 Å². The molecule has 3 heteroatoms. The van der Waals surface area contributed by atoms with Crippen molar-refractivity contribution >= 4 is 11.6 Å². The molecule has 2 rings (SSSR count). The van der Waals surface area contributed by atoms with Gasteiger partial charge in [0.1, 0.15) is 0 Å². The molecule has 1 aromatic carbocycles. The highest BCUT2D eigenvalue weighted by Gasteiger charge is 2.36. The van der Waals surface area contributed by atoms with Gasteiger partial charge in [0.25, 0.3) is 0 Å². The Balaban J connectivity index is 2.30. The van der Waals surface area contributed by atoms with Gasteiger partial charge < -0.3 is 10.2 Å². The maximum Gasteiger partial charge on any atom is 0.0573 e. The summed E-state index contributed by atoms with van der Waals surface area (Å²) in [5, 5.41) is 4.26. The van der Waals surface area contributed by atoms with Crippen LogP contribution in [0.5, 0.6) is 0 Å². The Morgan fingerprint density at radius 2 is 2.00 bits per heavy atom. The number of likely N-dealkylation sites (tertiary alicyclic amines) is 1. The third kappa shape index (κ3) is 2.03. The Labute approximate surface area is 96.2 Å². The number of rotatable bonds is 2. The zero-order chi connectivity index (χ0) is 10.9. The molecule has 1 atom stereocenters. The molecular formula is C12H17ClN2. The van der Waals surface area contributed by atoms with E-state index < -0.39 is 0 Å². The molecule has 1 unspecified atom stereocenters. The van der Waals surface area contributed by atoms with E-state index in [2.05, 4.69) is 29.4 Å². The normalized spacial score (nSPS) is 27.1. The maximum atomic E-state index is 5.90. The van der Waals surface area contributed by atoms with Gasteiger partial charge in [0.15, 0.2) is 0 Å². The quantitative estimate of drug-likeness (QED) is 0.828. The number of hydrogen-bond donors (Lipinski definition) is 1. The molecule has 1 heterocycles. The molecule has 1 fully saturated rings. The fraction of sp³-hybridized carbons (Fsp3) is 0.500. The second-order valence-corrected chi connectivity index (χ2v) is 4.76. The van der Waals surface area contributed by atoms with E-state index in [4.69, 9.17) is 11.6 Å². The molecule has 0 radical (unpaired) electrons. The summed E-state index contributed by atoms with van der Waals surface area (Å²) in [5.41, 5.74) is 1.44. The van der Waals surface area contributed by atoms with E-state index in [0.29, 0.717) is 0 Å². The van der Waals surface area contributed by atoms with Crippen LogP contribution < -0.4 is 5.32 Å². The second-order valence-electron chi connectivity index (χ2n) is 4.33. The number of nitrogens with one attached hydrogen (secondary N) is 1. The molecular weight excluding hydrogens is 208 g/mol. The molecule has 0 saturated carbocycles. The molecule has 1 N–H and O–H groups in total. The molecule has 1 aliphatic heterocycles. The van der Waals surface area contributed by atoms with Gasteiger partial charge in [0.05, 0.1) is 5.54 Å². The van der Waals surface area contributed by atoms with E-state index in [1.54, 1.807) is 0 Å². The molecule has 1 aromatic rings. The number of benzene rings is 1. The van der Waals surface area contributed by atoms with Gasteiger partial charge in [-0.05, 0) is 38.2 Å². The highest BCUT2D eigenvalue weighted by Crippen LogP contribution is 2.31. The fourth-order valence-electron chi connectivity index (χ4n) is 2.35. The molecule has 0 spiro atoms. The van der Waals surface area contributed by atoms with E-state index in [1.165, 1.54) is 5.56 Å². The first-order chi connectivity index (χ1) is 7.16. The summed E-state index contributed by atoms with van der Waals surface area (Å²) in [4.78, 5) is 2.35. The number of hydrogen-bond acceptors (Lipinski definition) is 2. The molecule has 0 bridgehead atoms. The Morgan fingerprint density at radius 3 is 2.47 bits per heavy atom. The predicted molar refractivity (Wildman–Crippen MR) is 64.3 cm³/mol. The van der Waals surface area contributed by atoms with Crippen molar-refractivity contribution in [2.24, 2.45) is 0 Å². The highest BCUT2D eigenvalue weighted by molar-refractivity contribution is 6.30. The lowest BCUT2D eigenvalue weighted by atomic mass is 9.89. The van der Waals surface area contributed by atoms with Crippen molar-refractivity contribution in [2.45, 2.75) is 12.0 Å². The van der Waals surface area contributed by atoms with Crippen molar-refractivity contribution in [3.63, 3.8) is 0 Å². The smallest absolute Gasteiger partial charge is 0.0573 e. The number of halogens is 1. The molecule has 1 saturated heterocycles. The molecule has 15 heavy (non-hydrogen) atoms. The van der Waals surface area contributed by atoms with Gasteiger partial charge >= 0.3 is 0 Å². The summed E-state index contributed by atoms with van der Waals surface area (Å²) < 4.78 is 0. The van der Waals surface area contributed by atoms with Gasteiger partial charge in [-0.25, -0.2) is 0 Å². The molecule has 2 nitrogen and oxygen atoms in total. The summed E-state index contributed by atoms with van der Waals surface area (Å²) in [6, 6.07) is 8.18. The topological polar surface area (TPSA) is 15.3 Å². The standard InChI is InChI=1S/C12H17ClN2/c1-14-12(7-8-15(2)9-12)10-3-5-11(13)6-4-10/h3-6,14H,7-9H2,1-2H3. The van der Waals surface area contributed by atoms with Gasteiger partial charge in [-0.2, -0.15) is 0 Å². The SMILES string of the molecule is CNC1(c2ccc(Cl)cc2)CCN(C)C1. The zero-order valence-corrected chi connectivity index (χ0v) is 10.0. The van der Waals surface area contributed by atoms with E-state index in [1.807, 2.05) is 19.2 Å². The Hall–Kier alpha value is -0.570. The molecule has 82 valence electrons. The first kappa shape index (κ1) is 10.9. The number of likely N-dealkylation sites (N-methyl/N-ethyl adjacent to an activating group) is 2. The van der Waals surface area contributed by atoms with E-state index >= 15 is 0 Å².